The van der Waals surface area contributed by atoms with E-state index < -0.39 is 10.0 Å². The van der Waals surface area contributed by atoms with Crippen LogP contribution in [-0.2, 0) is 10.0 Å². The van der Waals surface area contributed by atoms with Crippen molar-refractivity contribution in [3.63, 3.8) is 0 Å². The highest BCUT2D eigenvalue weighted by atomic mass is 32.2. The first-order chi connectivity index (χ1) is 8.06. The lowest BCUT2D eigenvalue weighted by Crippen LogP contribution is -2.10. The van der Waals surface area contributed by atoms with Gasteiger partial charge in [-0.3, -0.25) is 4.72 Å². The molecule has 0 amide bonds. The number of sulfonamides is 1. The van der Waals surface area contributed by atoms with Gasteiger partial charge in [0.15, 0.2) is 0 Å². The average molecular weight is 246 g/mol. The van der Waals surface area contributed by atoms with E-state index in [1.54, 1.807) is 6.07 Å². The molecule has 0 bridgehead atoms. The van der Waals surface area contributed by atoms with Crippen LogP contribution in [0.25, 0.3) is 11.1 Å². The van der Waals surface area contributed by atoms with Gasteiger partial charge < -0.3 is 0 Å². The molecule has 2 aromatic carbocycles. The zero-order chi connectivity index (χ0) is 12.3. The summed E-state index contributed by atoms with van der Waals surface area (Å²) in [6, 6.07) is 17.9. The van der Waals surface area contributed by atoms with E-state index in [9.17, 15) is 8.42 Å². The second-order valence-corrected chi connectivity index (χ2v) is 5.45. The standard InChI is InChI=1S/C13H12NO2S/c1-17(15,16)14-13-10-6-5-9-12(13)11-7-3-2-4-8-11/h2-9,14H,1H3. The van der Waals surface area contributed by atoms with Crippen molar-refractivity contribution in [1.29, 1.82) is 0 Å². The lowest BCUT2D eigenvalue weighted by atomic mass is 10.0. The van der Waals surface area contributed by atoms with E-state index in [0.29, 0.717) is 5.69 Å². The molecule has 1 radical (unpaired) electrons. The molecule has 0 saturated heterocycles. The number of benzene rings is 2. The first-order valence-corrected chi connectivity index (χ1v) is 6.99. The third-order valence-corrected chi connectivity index (χ3v) is 2.80. The van der Waals surface area contributed by atoms with Crippen molar-refractivity contribution in [2.45, 2.75) is 0 Å². The molecule has 0 heterocycles. The minimum Gasteiger partial charge on any atom is -0.283 e. The molecule has 0 aliphatic rings. The number of hydrogen-bond donors (Lipinski definition) is 1. The Kier molecular flexibility index (Phi) is 3.15. The maximum absolute atomic E-state index is 11.3. The van der Waals surface area contributed by atoms with Gasteiger partial charge in [-0.15, -0.1) is 0 Å². The summed E-state index contributed by atoms with van der Waals surface area (Å²) < 4.78 is 25.0. The second-order valence-electron chi connectivity index (χ2n) is 3.70. The zero-order valence-corrected chi connectivity index (χ0v) is 10.2. The van der Waals surface area contributed by atoms with Gasteiger partial charge in [-0.25, -0.2) is 8.42 Å². The Bertz CT molecular complexity index is 606. The first kappa shape index (κ1) is 11.7. The number of nitrogens with one attached hydrogen (secondary N) is 1. The van der Waals surface area contributed by atoms with E-state index in [1.807, 2.05) is 42.5 Å². The summed E-state index contributed by atoms with van der Waals surface area (Å²) in [6.45, 7) is 0. The molecule has 0 aliphatic carbocycles. The number of para-hydroxylation sites is 1. The number of anilines is 1. The Morgan fingerprint density at radius 1 is 1.06 bits per heavy atom. The monoisotopic (exact) mass is 246 g/mol. The van der Waals surface area contributed by atoms with Gasteiger partial charge in [0, 0.05) is 11.6 Å². The normalized spacial score (nSPS) is 11.1. The summed E-state index contributed by atoms with van der Waals surface area (Å²) >= 11 is 0. The molecule has 0 fully saturated rings. The highest BCUT2D eigenvalue weighted by Crippen LogP contribution is 2.27. The van der Waals surface area contributed by atoms with Crippen LogP contribution in [0.2, 0.25) is 0 Å². The fourth-order valence-corrected chi connectivity index (χ4v) is 2.10. The molecule has 0 aromatic heterocycles. The summed E-state index contributed by atoms with van der Waals surface area (Å²) in [4.78, 5) is 0. The van der Waals surface area contributed by atoms with Gasteiger partial charge in [0.05, 0.1) is 11.9 Å². The third-order valence-electron chi connectivity index (χ3n) is 2.23. The van der Waals surface area contributed by atoms with Crippen molar-refractivity contribution in [2.75, 3.05) is 11.0 Å². The minimum absolute atomic E-state index is 0.473. The van der Waals surface area contributed by atoms with Crippen LogP contribution in [0, 0.1) is 6.07 Å². The molecule has 87 valence electrons. The SMILES string of the molecule is CS(=O)(=O)Nc1[c]cccc1-c1ccccc1. The summed E-state index contributed by atoms with van der Waals surface area (Å²) in [6.07, 6.45) is 1.13. The Labute approximate surface area is 101 Å². The fraction of sp³-hybridized carbons (Fsp3) is 0.0769. The van der Waals surface area contributed by atoms with Gasteiger partial charge in [-0.2, -0.15) is 0 Å². The lowest BCUT2D eigenvalue weighted by molar-refractivity contribution is 0.607. The maximum Gasteiger partial charge on any atom is 0.229 e. The van der Waals surface area contributed by atoms with Crippen molar-refractivity contribution < 1.29 is 8.42 Å². The molecule has 17 heavy (non-hydrogen) atoms. The van der Waals surface area contributed by atoms with Gasteiger partial charge in [-0.1, -0.05) is 48.5 Å². The molecule has 0 aliphatic heterocycles. The summed E-state index contributed by atoms with van der Waals surface area (Å²) in [5, 5.41) is 0. The van der Waals surface area contributed by atoms with Crippen LogP contribution in [0.3, 0.4) is 0 Å². The second kappa shape index (κ2) is 4.59. The quantitative estimate of drug-likeness (QED) is 0.904. The largest absolute Gasteiger partial charge is 0.283 e. The predicted molar refractivity (Wildman–Crippen MR) is 69.2 cm³/mol. The smallest absolute Gasteiger partial charge is 0.229 e. The average Bonchev–Trinajstić information content (AvgIpc) is 2.29. The molecule has 2 aromatic rings. The fourth-order valence-electron chi connectivity index (χ4n) is 1.56. The van der Waals surface area contributed by atoms with E-state index in [1.165, 1.54) is 0 Å². The van der Waals surface area contributed by atoms with E-state index in [2.05, 4.69) is 10.8 Å². The lowest BCUT2D eigenvalue weighted by Gasteiger charge is -2.09. The number of rotatable bonds is 3. The van der Waals surface area contributed by atoms with Gasteiger partial charge in [0.2, 0.25) is 10.0 Å². The third kappa shape index (κ3) is 3.07. The molecular formula is C13H12NO2S. The predicted octanol–water partition coefficient (Wildman–Crippen LogP) is 2.53. The zero-order valence-electron chi connectivity index (χ0n) is 9.34. The Morgan fingerprint density at radius 2 is 1.76 bits per heavy atom. The molecule has 0 atom stereocenters. The summed E-state index contributed by atoms with van der Waals surface area (Å²) in [5.74, 6) is 0. The maximum atomic E-state index is 11.3. The van der Waals surface area contributed by atoms with Gasteiger partial charge in [0.1, 0.15) is 0 Å². The van der Waals surface area contributed by atoms with Crippen molar-refractivity contribution in [2.24, 2.45) is 0 Å². The van der Waals surface area contributed by atoms with E-state index in [4.69, 9.17) is 0 Å². The van der Waals surface area contributed by atoms with Crippen molar-refractivity contribution in [3.8, 4) is 11.1 Å². The highest BCUT2D eigenvalue weighted by molar-refractivity contribution is 7.92. The topological polar surface area (TPSA) is 46.2 Å². The van der Waals surface area contributed by atoms with Crippen LogP contribution in [-0.4, -0.2) is 14.7 Å². The highest BCUT2D eigenvalue weighted by Gasteiger charge is 2.08. The molecule has 0 spiro atoms. The number of hydrogen-bond acceptors (Lipinski definition) is 2. The van der Waals surface area contributed by atoms with Gasteiger partial charge in [-0.05, 0) is 5.56 Å². The Balaban J connectivity index is 2.49. The van der Waals surface area contributed by atoms with Crippen LogP contribution in [0.15, 0.2) is 48.5 Å². The molecule has 4 heteroatoms. The van der Waals surface area contributed by atoms with Crippen LogP contribution >= 0.6 is 0 Å². The molecule has 2 rings (SSSR count). The summed E-state index contributed by atoms with van der Waals surface area (Å²) in [5.41, 5.74) is 2.25. The van der Waals surface area contributed by atoms with Gasteiger partial charge in [0.25, 0.3) is 0 Å². The summed E-state index contributed by atoms with van der Waals surface area (Å²) in [7, 11) is -3.29. The van der Waals surface area contributed by atoms with Gasteiger partial charge >= 0.3 is 0 Å². The van der Waals surface area contributed by atoms with Crippen LogP contribution < -0.4 is 4.72 Å². The van der Waals surface area contributed by atoms with Crippen molar-refractivity contribution in [1.82, 2.24) is 0 Å². The van der Waals surface area contributed by atoms with Crippen LogP contribution in [0.4, 0.5) is 5.69 Å². The van der Waals surface area contributed by atoms with Crippen LogP contribution in [0.5, 0.6) is 0 Å². The Morgan fingerprint density at radius 3 is 2.41 bits per heavy atom. The van der Waals surface area contributed by atoms with E-state index in [-0.39, 0.29) is 0 Å². The molecule has 3 nitrogen and oxygen atoms in total. The van der Waals surface area contributed by atoms with E-state index in [0.717, 1.165) is 17.4 Å². The Hall–Kier alpha value is -1.81. The van der Waals surface area contributed by atoms with Crippen LogP contribution in [0.1, 0.15) is 0 Å². The van der Waals surface area contributed by atoms with E-state index >= 15 is 0 Å². The van der Waals surface area contributed by atoms with Crippen molar-refractivity contribution >= 4 is 15.7 Å². The molecule has 1 N–H and O–H groups in total. The molecular weight excluding hydrogens is 234 g/mol. The first-order valence-electron chi connectivity index (χ1n) is 5.10. The van der Waals surface area contributed by atoms with Crippen molar-refractivity contribution in [3.05, 3.63) is 54.6 Å². The minimum atomic E-state index is -3.29. The molecule has 0 unspecified atom stereocenters. The molecule has 0 saturated carbocycles.